The van der Waals surface area contributed by atoms with Gasteiger partial charge in [0, 0.05) is 41.7 Å². The molecule has 0 unspecified atom stereocenters. The van der Waals surface area contributed by atoms with E-state index in [1.54, 1.807) is 6.07 Å². The number of aryl methyl sites for hydroxylation is 1. The van der Waals surface area contributed by atoms with Crippen molar-refractivity contribution in [3.63, 3.8) is 0 Å². The highest BCUT2D eigenvalue weighted by atomic mass is 19.1. The quantitative estimate of drug-likeness (QED) is 0.829. The van der Waals surface area contributed by atoms with Gasteiger partial charge < -0.3 is 10.2 Å². The monoisotopic (exact) mass is 395 g/mol. The predicted molar refractivity (Wildman–Crippen MR) is 113 cm³/mol. The summed E-state index contributed by atoms with van der Waals surface area (Å²) in [5.74, 6) is 0.127. The summed E-state index contributed by atoms with van der Waals surface area (Å²) in [6.07, 6.45) is 3.64. The van der Waals surface area contributed by atoms with Crippen LogP contribution >= 0.6 is 0 Å². The van der Waals surface area contributed by atoms with Gasteiger partial charge in [-0.05, 0) is 50.8 Å². The third kappa shape index (κ3) is 4.06. The zero-order valence-corrected chi connectivity index (χ0v) is 17.5. The fourth-order valence-corrected chi connectivity index (χ4v) is 4.68. The van der Waals surface area contributed by atoms with Gasteiger partial charge in [0.05, 0.1) is 11.4 Å². The van der Waals surface area contributed by atoms with E-state index < -0.39 is 0 Å². The second-order valence-electron chi connectivity index (χ2n) is 9.15. The van der Waals surface area contributed by atoms with E-state index in [1.807, 2.05) is 36.1 Å². The molecule has 1 fully saturated rings. The molecule has 29 heavy (non-hydrogen) atoms. The molecule has 2 heterocycles. The molecule has 5 heteroatoms. The molecule has 1 aliphatic heterocycles. The van der Waals surface area contributed by atoms with Crippen LogP contribution < -0.4 is 10.2 Å². The number of pyridine rings is 1. The van der Waals surface area contributed by atoms with E-state index in [1.165, 1.54) is 6.07 Å². The van der Waals surface area contributed by atoms with E-state index in [4.69, 9.17) is 4.98 Å². The second kappa shape index (κ2) is 7.86. The normalized spacial score (nSPS) is 23.1. The summed E-state index contributed by atoms with van der Waals surface area (Å²) in [5, 5.41) is 3.47. The summed E-state index contributed by atoms with van der Waals surface area (Å²) >= 11 is 0. The van der Waals surface area contributed by atoms with E-state index in [9.17, 15) is 9.18 Å². The highest BCUT2D eigenvalue weighted by molar-refractivity contribution is 5.97. The van der Waals surface area contributed by atoms with Gasteiger partial charge in [0.15, 0.2) is 0 Å². The number of nitrogens with zero attached hydrogens (tertiary/aromatic N) is 2. The fraction of sp³-hybridized carbons (Fsp3) is 0.500. The SMILES string of the molecule is Cc1ccc2c(n1)C(C)(C)CN2C(=O)[C@H]1CC[C@H](NCc2ccccc2F)CC1. The third-order valence-electron chi connectivity index (χ3n) is 6.38. The first-order chi connectivity index (χ1) is 13.8. The summed E-state index contributed by atoms with van der Waals surface area (Å²) in [5.41, 5.74) is 3.59. The van der Waals surface area contributed by atoms with Gasteiger partial charge in [-0.2, -0.15) is 0 Å². The van der Waals surface area contributed by atoms with Crippen molar-refractivity contribution in [2.24, 2.45) is 5.92 Å². The Balaban J connectivity index is 1.36. The maximum absolute atomic E-state index is 13.8. The Bertz CT molecular complexity index is 903. The largest absolute Gasteiger partial charge is 0.310 e. The van der Waals surface area contributed by atoms with Crippen molar-refractivity contribution < 1.29 is 9.18 Å². The highest BCUT2D eigenvalue weighted by Gasteiger charge is 2.41. The Labute approximate surface area is 172 Å². The number of hydrogen-bond acceptors (Lipinski definition) is 3. The van der Waals surface area contributed by atoms with Crippen LogP contribution in [0.3, 0.4) is 0 Å². The molecule has 4 rings (SSSR count). The van der Waals surface area contributed by atoms with Crippen LogP contribution in [0, 0.1) is 18.7 Å². The van der Waals surface area contributed by atoms with Crippen molar-refractivity contribution in [2.75, 3.05) is 11.4 Å². The van der Waals surface area contributed by atoms with Crippen molar-refractivity contribution in [1.29, 1.82) is 0 Å². The Hall–Kier alpha value is -2.27. The van der Waals surface area contributed by atoms with Gasteiger partial charge in [0.25, 0.3) is 0 Å². The van der Waals surface area contributed by atoms with Crippen LogP contribution in [0.25, 0.3) is 0 Å². The van der Waals surface area contributed by atoms with Crippen molar-refractivity contribution in [3.05, 3.63) is 59.2 Å². The van der Waals surface area contributed by atoms with E-state index >= 15 is 0 Å². The summed E-state index contributed by atoms with van der Waals surface area (Å²) in [6.45, 7) is 7.55. The van der Waals surface area contributed by atoms with Gasteiger partial charge in [-0.3, -0.25) is 9.78 Å². The number of hydrogen-bond donors (Lipinski definition) is 1. The summed E-state index contributed by atoms with van der Waals surface area (Å²) in [6, 6.07) is 11.3. The molecule has 1 amide bonds. The zero-order valence-electron chi connectivity index (χ0n) is 17.5. The van der Waals surface area contributed by atoms with Crippen LogP contribution in [0.4, 0.5) is 10.1 Å². The van der Waals surface area contributed by atoms with Gasteiger partial charge in [-0.25, -0.2) is 4.39 Å². The van der Waals surface area contributed by atoms with Gasteiger partial charge in [0.2, 0.25) is 5.91 Å². The van der Waals surface area contributed by atoms with E-state index in [-0.39, 0.29) is 23.1 Å². The number of anilines is 1. The Morgan fingerprint density at radius 3 is 2.62 bits per heavy atom. The average molecular weight is 396 g/mol. The van der Waals surface area contributed by atoms with Crippen molar-refractivity contribution in [3.8, 4) is 0 Å². The minimum Gasteiger partial charge on any atom is -0.310 e. The van der Waals surface area contributed by atoms with Gasteiger partial charge in [0.1, 0.15) is 5.82 Å². The van der Waals surface area contributed by atoms with Crippen molar-refractivity contribution in [1.82, 2.24) is 10.3 Å². The van der Waals surface area contributed by atoms with Crippen molar-refractivity contribution in [2.45, 2.75) is 64.5 Å². The number of halogens is 1. The number of amides is 1. The standard InChI is InChI=1S/C24H30FN3O/c1-16-8-13-21-22(27-16)24(2,3)15-28(21)23(29)17-9-11-19(12-10-17)26-14-18-6-4-5-7-20(18)25/h4-8,13,17,19,26H,9-12,14-15H2,1-3H3/t17-,19-. The number of aromatic nitrogens is 1. The minimum absolute atomic E-state index is 0.0598. The average Bonchev–Trinajstić information content (AvgIpc) is 2.98. The van der Waals surface area contributed by atoms with Gasteiger partial charge in [-0.15, -0.1) is 0 Å². The lowest BCUT2D eigenvalue weighted by Crippen LogP contribution is -2.41. The Morgan fingerprint density at radius 2 is 1.90 bits per heavy atom. The van der Waals surface area contributed by atoms with Crippen LogP contribution in [0.5, 0.6) is 0 Å². The molecule has 1 aromatic heterocycles. The first kappa shape index (κ1) is 20.0. The Morgan fingerprint density at radius 1 is 1.17 bits per heavy atom. The molecular formula is C24H30FN3O. The van der Waals surface area contributed by atoms with E-state index in [0.717, 1.165) is 42.8 Å². The first-order valence-corrected chi connectivity index (χ1v) is 10.6. The zero-order chi connectivity index (χ0) is 20.6. The predicted octanol–water partition coefficient (Wildman–Crippen LogP) is 4.50. The molecule has 0 saturated heterocycles. The summed E-state index contributed by atoms with van der Waals surface area (Å²) in [7, 11) is 0. The molecule has 4 nitrogen and oxygen atoms in total. The number of nitrogens with one attached hydrogen (secondary N) is 1. The first-order valence-electron chi connectivity index (χ1n) is 10.6. The number of benzene rings is 1. The topological polar surface area (TPSA) is 45.2 Å². The number of fused-ring (bicyclic) bond motifs is 1. The molecule has 0 bridgehead atoms. The molecule has 1 aliphatic carbocycles. The summed E-state index contributed by atoms with van der Waals surface area (Å²) < 4.78 is 13.8. The molecule has 2 aliphatic rings. The third-order valence-corrected chi connectivity index (χ3v) is 6.38. The lowest BCUT2D eigenvalue weighted by molar-refractivity contribution is -0.123. The van der Waals surface area contributed by atoms with E-state index in [0.29, 0.717) is 24.7 Å². The van der Waals surface area contributed by atoms with Gasteiger partial charge >= 0.3 is 0 Å². The number of rotatable bonds is 4. The smallest absolute Gasteiger partial charge is 0.230 e. The van der Waals surface area contributed by atoms with E-state index in [2.05, 4.69) is 19.2 Å². The highest BCUT2D eigenvalue weighted by Crippen LogP contribution is 2.41. The molecule has 1 saturated carbocycles. The van der Waals surface area contributed by atoms with Crippen LogP contribution in [0.1, 0.15) is 56.5 Å². The fourth-order valence-electron chi connectivity index (χ4n) is 4.68. The summed E-state index contributed by atoms with van der Waals surface area (Å²) in [4.78, 5) is 20.0. The minimum atomic E-state index is -0.164. The maximum Gasteiger partial charge on any atom is 0.230 e. The second-order valence-corrected chi connectivity index (χ2v) is 9.15. The molecule has 0 spiro atoms. The molecule has 2 aromatic rings. The Kier molecular flexibility index (Phi) is 5.43. The number of carbonyl (C=O) groups excluding carboxylic acids is 1. The molecule has 0 atom stereocenters. The molecule has 154 valence electrons. The lowest BCUT2D eigenvalue weighted by Gasteiger charge is -2.31. The molecule has 1 aromatic carbocycles. The van der Waals surface area contributed by atoms with Crippen LogP contribution in [-0.2, 0) is 16.8 Å². The number of carbonyl (C=O) groups is 1. The maximum atomic E-state index is 13.8. The van der Waals surface area contributed by atoms with Crippen molar-refractivity contribution >= 4 is 11.6 Å². The van der Waals surface area contributed by atoms with Crippen LogP contribution in [-0.4, -0.2) is 23.5 Å². The van der Waals surface area contributed by atoms with Gasteiger partial charge in [-0.1, -0.05) is 32.0 Å². The van der Waals surface area contributed by atoms with Crippen LogP contribution in [0.15, 0.2) is 36.4 Å². The lowest BCUT2D eigenvalue weighted by atomic mass is 9.85. The van der Waals surface area contributed by atoms with Crippen LogP contribution in [0.2, 0.25) is 0 Å². The molecule has 1 N–H and O–H groups in total. The molecular weight excluding hydrogens is 365 g/mol. The molecule has 0 radical (unpaired) electrons.